The van der Waals surface area contributed by atoms with E-state index in [0.29, 0.717) is 10.2 Å². The standard InChI is InChI=1S/C13H9Cl2N/c14-11-7-4-8-12(9-11)16-13(15)10-5-2-1-3-6-10/h1-9H. The first-order valence-electron chi connectivity index (χ1n) is 4.81. The van der Waals surface area contributed by atoms with Gasteiger partial charge in [-0.05, 0) is 18.2 Å². The summed E-state index contributed by atoms with van der Waals surface area (Å²) in [6, 6.07) is 16.9. The molecule has 0 atom stereocenters. The number of benzene rings is 2. The van der Waals surface area contributed by atoms with Gasteiger partial charge in [0.25, 0.3) is 0 Å². The number of hydrogen-bond donors (Lipinski definition) is 0. The van der Waals surface area contributed by atoms with E-state index >= 15 is 0 Å². The zero-order valence-electron chi connectivity index (χ0n) is 8.40. The van der Waals surface area contributed by atoms with Crippen molar-refractivity contribution in [2.75, 3.05) is 0 Å². The maximum Gasteiger partial charge on any atom is 0.136 e. The fraction of sp³-hybridized carbons (Fsp3) is 0. The zero-order chi connectivity index (χ0) is 11.4. The van der Waals surface area contributed by atoms with Gasteiger partial charge in [0.1, 0.15) is 5.17 Å². The van der Waals surface area contributed by atoms with Gasteiger partial charge in [0.2, 0.25) is 0 Å². The van der Waals surface area contributed by atoms with E-state index in [-0.39, 0.29) is 0 Å². The van der Waals surface area contributed by atoms with Crippen molar-refractivity contribution in [2.24, 2.45) is 4.99 Å². The van der Waals surface area contributed by atoms with Crippen LogP contribution in [-0.4, -0.2) is 5.17 Å². The molecule has 0 spiro atoms. The second-order valence-corrected chi connectivity index (χ2v) is 4.04. The molecule has 2 aromatic carbocycles. The van der Waals surface area contributed by atoms with Gasteiger partial charge in [-0.1, -0.05) is 59.6 Å². The van der Waals surface area contributed by atoms with Gasteiger partial charge in [-0.2, -0.15) is 0 Å². The summed E-state index contributed by atoms with van der Waals surface area (Å²) in [6.07, 6.45) is 0. The molecule has 0 heterocycles. The van der Waals surface area contributed by atoms with Crippen LogP contribution in [0, 0.1) is 0 Å². The Hall–Kier alpha value is -1.31. The lowest BCUT2D eigenvalue weighted by Crippen LogP contribution is -1.88. The predicted octanol–water partition coefficient (Wildman–Crippen LogP) is 4.66. The molecule has 0 fully saturated rings. The number of nitrogens with zero attached hydrogens (tertiary/aromatic N) is 1. The van der Waals surface area contributed by atoms with Crippen LogP contribution >= 0.6 is 23.2 Å². The van der Waals surface area contributed by atoms with Crippen molar-refractivity contribution in [2.45, 2.75) is 0 Å². The number of aliphatic imine (C=N–C) groups is 1. The van der Waals surface area contributed by atoms with Crippen LogP contribution in [0.25, 0.3) is 0 Å². The van der Waals surface area contributed by atoms with Crippen molar-refractivity contribution >= 4 is 34.1 Å². The first kappa shape index (κ1) is 11.2. The van der Waals surface area contributed by atoms with Crippen molar-refractivity contribution in [3.63, 3.8) is 0 Å². The monoisotopic (exact) mass is 249 g/mol. The molecule has 2 aromatic rings. The maximum absolute atomic E-state index is 6.10. The summed E-state index contributed by atoms with van der Waals surface area (Å²) in [5.41, 5.74) is 1.64. The molecule has 0 amide bonds. The van der Waals surface area contributed by atoms with Crippen LogP contribution in [0.1, 0.15) is 5.56 Å². The van der Waals surface area contributed by atoms with Crippen LogP contribution in [0.15, 0.2) is 59.6 Å². The van der Waals surface area contributed by atoms with Crippen LogP contribution in [-0.2, 0) is 0 Å². The highest BCUT2D eigenvalue weighted by Crippen LogP contribution is 2.19. The largest absolute Gasteiger partial charge is 0.236 e. The lowest BCUT2D eigenvalue weighted by atomic mass is 10.2. The van der Waals surface area contributed by atoms with Gasteiger partial charge in [0.15, 0.2) is 0 Å². The molecule has 2 rings (SSSR count). The minimum Gasteiger partial charge on any atom is -0.236 e. The third-order valence-corrected chi connectivity index (χ3v) is 2.59. The van der Waals surface area contributed by atoms with Gasteiger partial charge in [0, 0.05) is 10.6 Å². The van der Waals surface area contributed by atoms with Crippen LogP contribution < -0.4 is 0 Å². The van der Waals surface area contributed by atoms with Crippen LogP contribution in [0.5, 0.6) is 0 Å². The summed E-state index contributed by atoms with van der Waals surface area (Å²) in [5.74, 6) is 0. The van der Waals surface area contributed by atoms with E-state index in [4.69, 9.17) is 23.2 Å². The fourth-order valence-electron chi connectivity index (χ4n) is 1.30. The Morgan fingerprint density at radius 2 is 1.69 bits per heavy atom. The van der Waals surface area contributed by atoms with Crippen molar-refractivity contribution in [1.82, 2.24) is 0 Å². The third-order valence-electron chi connectivity index (χ3n) is 2.05. The molecule has 0 saturated heterocycles. The Labute approximate surface area is 104 Å². The summed E-state index contributed by atoms with van der Waals surface area (Å²) in [5, 5.41) is 1.11. The molecule has 1 nitrogen and oxygen atoms in total. The summed E-state index contributed by atoms with van der Waals surface area (Å²) in [6.45, 7) is 0. The van der Waals surface area contributed by atoms with Crippen LogP contribution in [0.3, 0.4) is 0 Å². The highest BCUT2D eigenvalue weighted by atomic mass is 35.5. The van der Waals surface area contributed by atoms with Gasteiger partial charge in [-0.15, -0.1) is 0 Å². The molecule has 3 heteroatoms. The highest BCUT2D eigenvalue weighted by molar-refractivity contribution is 6.69. The van der Waals surface area contributed by atoms with Crippen molar-refractivity contribution < 1.29 is 0 Å². The minimum atomic E-state index is 0.461. The topological polar surface area (TPSA) is 12.4 Å². The molecule has 0 N–H and O–H groups in total. The van der Waals surface area contributed by atoms with E-state index in [1.54, 1.807) is 12.1 Å². The average Bonchev–Trinajstić information content (AvgIpc) is 2.30. The van der Waals surface area contributed by atoms with E-state index in [9.17, 15) is 0 Å². The van der Waals surface area contributed by atoms with E-state index in [1.807, 2.05) is 42.5 Å². The summed E-state index contributed by atoms with van der Waals surface area (Å²) in [7, 11) is 0. The molecule has 0 saturated carbocycles. The smallest absolute Gasteiger partial charge is 0.136 e. The van der Waals surface area contributed by atoms with Gasteiger partial charge in [-0.25, -0.2) is 4.99 Å². The Morgan fingerprint density at radius 3 is 2.38 bits per heavy atom. The third kappa shape index (κ3) is 2.84. The van der Waals surface area contributed by atoms with E-state index in [1.165, 1.54) is 0 Å². The number of halogens is 2. The second-order valence-electron chi connectivity index (χ2n) is 3.25. The van der Waals surface area contributed by atoms with Crippen molar-refractivity contribution in [3.05, 3.63) is 65.2 Å². The quantitative estimate of drug-likeness (QED) is 0.687. The molecule has 0 aromatic heterocycles. The van der Waals surface area contributed by atoms with E-state index in [0.717, 1.165) is 11.3 Å². The number of rotatable bonds is 2. The predicted molar refractivity (Wildman–Crippen MR) is 69.9 cm³/mol. The molecular formula is C13H9Cl2N. The Balaban J connectivity index is 2.32. The van der Waals surface area contributed by atoms with E-state index in [2.05, 4.69) is 4.99 Å². The second kappa shape index (κ2) is 5.15. The molecule has 16 heavy (non-hydrogen) atoms. The van der Waals surface area contributed by atoms with Crippen molar-refractivity contribution in [1.29, 1.82) is 0 Å². The summed E-state index contributed by atoms with van der Waals surface area (Å²) >= 11 is 12.0. The van der Waals surface area contributed by atoms with Crippen LogP contribution in [0.2, 0.25) is 5.02 Å². The van der Waals surface area contributed by atoms with Gasteiger partial charge >= 0.3 is 0 Å². The fourth-order valence-corrected chi connectivity index (χ4v) is 1.71. The van der Waals surface area contributed by atoms with Crippen LogP contribution in [0.4, 0.5) is 5.69 Å². The zero-order valence-corrected chi connectivity index (χ0v) is 9.91. The molecule has 0 aliphatic carbocycles. The Morgan fingerprint density at radius 1 is 0.938 bits per heavy atom. The molecule has 0 unspecified atom stereocenters. The Bertz CT molecular complexity index is 506. The first-order chi connectivity index (χ1) is 7.75. The normalized spacial score (nSPS) is 11.5. The molecule has 0 bridgehead atoms. The molecule has 80 valence electrons. The van der Waals surface area contributed by atoms with Gasteiger partial charge in [0.05, 0.1) is 5.69 Å². The molecule has 0 aliphatic rings. The SMILES string of the molecule is ClC(=Nc1cccc(Cl)c1)c1ccccc1. The van der Waals surface area contributed by atoms with Crippen molar-refractivity contribution in [3.8, 4) is 0 Å². The maximum atomic E-state index is 6.10. The number of hydrogen-bond acceptors (Lipinski definition) is 1. The molecule has 0 aliphatic heterocycles. The lowest BCUT2D eigenvalue weighted by molar-refractivity contribution is 1.52. The Kier molecular flexibility index (Phi) is 3.60. The molecule has 0 radical (unpaired) electrons. The minimum absolute atomic E-state index is 0.461. The molecular weight excluding hydrogens is 241 g/mol. The first-order valence-corrected chi connectivity index (χ1v) is 5.56. The summed E-state index contributed by atoms with van der Waals surface area (Å²) in [4.78, 5) is 4.29. The highest BCUT2D eigenvalue weighted by Gasteiger charge is 1.99. The van der Waals surface area contributed by atoms with Gasteiger partial charge in [-0.3, -0.25) is 0 Å². The van der Waals surface area contributed by atoms with Gasteiger partial charge < -0.3 is 0 Å². The average molecular weight is 250 g/mol. The lowest BCUT2D eigenvalue weighted by Gasteiger charge is -1.99. The summed E-state index contributed by atoms with van der Waals surface area (Å²) < 4.78 is 0. The van der Waals surface area contributed by atoms with E-state index < -0.39 is 0 Å².